The lowest BCUT2D eigenvalue weighted by Crippen LogP contribution is -2.22. The normalized spacial score (nSPS) is 10.3. The summed E-state index contributed by atoms with van der Waals surface area (Å²) in [6.07, 6.45) is 4.14. The Labute approximate surface area is 93.7 Å². The summed E-state index contributed by atoms with van der Waals surface area (Å²) >= 11 is 0. The van der Waals surface area contributed by atoms with E-state index in [0.717, 1.165) is 23.0 Å². The number of aromatic nitrogens is 2. The molecule has 16 heavy (non-hydrogen) atoms. The monoisotopic (exact) mass is 215 g/mol. The highest BCUT2D eigenvalue weighted by Crippen LogP contribution is 2.13. The molecule has 1 N–H and O–H groups in total. The molecule has 0 atom stereocenters. The molecule has 2 rings (SSSR count). The van der Waals surface area contributed by atoms with Crippen LogP contribution in [0.5, 0.6) is 0 Å². The molecule has 0 aliphatic heterocycles. The molecule has 0 fully saturated rings. The van der Waals surface area contributed by atoms with Crippen LogP contribution in [0.4, 0.5) is 0 Å². The van der Waals surface area contributed by atoms with Crippen LogP contribution in [-0.4, -0.2) is 22.4 Å². The number of hydrogen-bond acceptors (Lipinski definition) is 3. The fraction of sp³-hybridized carbons (Fsp3) is 0.250. The van der Waals surface area contributed by atoms with E-state index in [0.29, 0.717) is 6.54 Å². The zero-order chi connectivity index (χ0) is 11.4. The van der Waals surface area contributed by atoms with E-state index in [1.807, 2.05) is 18.2 Å². The van der Waals surface area contributed by atoms with Gasteiger partial charge in [-0.05, 0) is 18.1 Å². The number of nitrogens with zero attached hydrogens (tertiary/aromatic N) is 2. The number of para-hydroxylation sites is 1. The summed E-state index contributed by atoms with van der Waals surface area (Å²) in [4.78, 5) is 19.3. The first-order valence-electron chi connectivity index (χ1n) is 5.20. The summed E-state index contributed by atoms with van der Waals surface area (Å²) in [7, 11) is 0. The van der Waals surface area contributed by atoms with Gasteiger partial charge < -0.3 is 5.32 Å². The summed E-state index contributed by atoms with van der Waals surface area (Å²) in [6.45, 7) is 2.15. The van der Waals surface area contributed by atoms with Crippen LogP contribution in [0.2, 0.25) is 0 Å². The second kappa shape index (κ2) is 4.70. The first kappa shape index (κ1) is 10.5. The zero-order valence-electron chi connectivity index (χ0n) is 9.10. The minimum absolute atomic E-state index is 0.00804. The van der Waals surface area contributed by atoms with E-state index in [9.17, 15) is 4.79 Å². The smallest absolute Gasteiger partial charge is 0.216 e. The van der Waals surface area contributed by atoms with E-state index >= 15 is 0 Å². The van der Waals surface area contributed by atoms with Gasteiger partial charge in [-0.3, -0.25) is 14.8 Å². The Morgan fingerprint density at radius 1 is 1.31 bits per heavy atom. The standard InChI is InChI=1S/C12H13N3O/c1-9(16)13-6-5-10-3-2-4-11-12(10)15-8-7-14-11/h2-4,7-8H,5-6H2,1H3,(H,13,16). The highest BCUT2D eigenvalue weighted by atomic mass is 16.1. The third-order valence-corrected chi connectivity index (χ3v) is 2.35. The van der Waals surface area contributed by atoms with Gasteiger partial charge in [0.25, 0.3) is 0 Å². The lowest BCUT2D eigenvalue weighted by molar-refractivity contribution is -0.118. The number of carbonyl (C=O) groups excluding carboxylic acids is 1. The molecule has 4 nitrogen and oxygen atoms in total. The summed E-state index contributed by atoms with van der Waals surface area (Å²) in [5.41, 5.74) is 2.91. The minimum atomic E-state index is -0.00804. The largest absolute Gasteiger partial charge is 0.356 e. The fourth-order valence-electron chi connectivity index (χ4n) is 1.63. The maximum absolute atomic E-state index is 10.8. The molecular formula is C12H13N3O. The number of nitrogens with one attached hydrogen (secondary N) is 1. The third kappa shape index (κ3) is 2.34. The number of benzene rings is 1. The van der Waals surface area contributed by atoms with Gasteiger partial charge in [0, 0.05) is 25.9 Å². The van der Waals surface area contributed by atoms with E-state index in [1.165, 1.54) is 6.92 Å². The van der Waals surface area contributed by atoms with Crippen molar-refractivity contribution in [2.75, 3.05) is 6.54 Å². The van der Waals surface area contributed by atoms with E-state index in [2.05, 4.69) is 15.3 Å². The Hall–Kier alpha value is -1.97. The predicted molar refractivity (Wildman–Crippen MR) is 61.9 cm³/mol. The number of hydrogen-bond donors (Lipinski definition) is 1. The summed E-state index contributed by atoms with van der Waals surface area (Å²) in [5, 5.41) is 2.77. The first-order chi connectivity index (χ1) is 7.77. The van der Waals surface area contributed by atoms with E-state index in [4.69, 9.17) is 0 Å². The molecule has 0 saturated carbocycles. The molecule has 2 aromatic rings. The van der Waals surface area contributed by atoms with Crippen molar-refractivity contribution in [2.24, 2.45) is 0 Å². The van der Waals surface area contributed by atoms with Crippen LogP contribution in [0, 0.1) is 0 Å². The first-order valence-corrected chi connectivity index (χ1v) is 5.20. The molecule has 0 saturated heterocycles. The van der Waals surface area contributed by atoms with Crippen LogP contribution in [0.15, 0.2) is 30.6 Å². The molecule has 1 amide bonds. The quantitative estimate of drug-likeness (QED) is 0.839. The lowest BCUT2D eigenvalue weighted by atomic mass is 10.1. The van der Waals surface area contributed by atoms with Gasteiger partial charge in [-0.1, -0.05) is 12.1 Å². The lowest BCUT2D eigenvalue weighted by Gasteiger charge is -2.05. The van der Waals surface area contributed by atoms with Gasteiger partial charge in [0.15, 0.2) is 0 Å². The SMILES string of the molecule is CC(=O)NCCc1cccc2nccnc12. The van der Waals surface area contributed by atoms with Crippen LogP contribution < -0.4 is 5.32 Å². The van der Waals surface area contributed by atoms with Crippen molar-refractivity contribution in [2.45, 2.75) is 13.3 Å². The molecule has 0 aliphatic rings. The second-order valence-electron chi connectivity index (χ2n) is 3.57. The number of carbonyl (C=O) groups is 1. The third-order valence-electron chi connectivity index (χ3n) is 2.35. The average Bonchev–Trinajstić information content (AvgIpc) is 2.29. The zero-order valence-corrected chi connectivity index (χ0v) is 9.10. The van der Waals surface area contributed by atoms with Crippen LogP contribution in [-0.2, 0) is 11.2 Å². The average molecular weight is 215 g/mol. The van der Waals surface area contributed by atoms with Gasteiger partial charge in [-0.2, -0.15) is 0 Å². The van der Waals surface area contributed by atoms with Crippen LogP contribution >= 0.6 is 0 Å². The minimum Gasteiger partial charge on any atom is -0.356 e. The van der Waals surface area contributed by atoms with Crippen LogP contribution in [0.25, 0.3) is 11.0 Å². The molecule has 0 spiro atoms. The molecule has 0 bridgehead atoms. The molecule has 0 aliphatic carbocycles. The van der Waals surface area contributed by atoms with Crippen molar-refractivity contribution < 1.29 is 4.79 Å². The maximum Gasteiger partial charge on any atom is 0.216 e. The van der Waals surface area contributed by atoms with Crippen molar-refractivity contribution in [3.63, 3.8) is 0 Å². The van der Waals surface area contributed by atoms with Crippen molar-refractivity contribution in [1.29, 1.82) is 0 Å². The van der Waals surface area contributed by atoms with Gasteiger partial charge in [0.05, 0.1) is 11.0 Å². The highest BCUT2D eigenvalue weighted by molar-refractivity contribution is 5.77. The van der Waals surface area contributed by atoms with Crippen molar-refractivity contribution >= 4 is 16.9 Å². The highest BCUT2D eigenvalue weighted by Gasteiger charge is 2.02. The molecular weight excluding hydrogens is 202 g/mol. The fourth-order valence-corrected chi connectivity index (χ4v) is 1.63. The Morgan fingerprint density at radius 2 is 2.12 bits per heavy atom. The summed E-state index contributed by atoms with van der Waals surface area (Å²) < 4.78 is 0. The van der Waals surface area contributed by atoms with E-state index in [1.54, 1.807) is 12.4 Å². The van der Waals surface area contributed by atoms with Gasteiger partial charge in [0.2, 0.25) is 5.91 Å². The Morgan fingerprint density at radius 3 is 2.94 bits per heavy atom. The number of amides is 1. The molecule has 0 radical (unpaired) electrons. The van der Waals surface area contributed by atoms with E-state index in [-0.39, 0.29) is 5.91 Å². The summed E-state index contributed by atoms with van der Waals surface area (Å²) in [6, 6.07) is 5.91. The topological polar surface area (TPSA) is 54.9 Å². The number of fused-ring (bicyclic) bond motifs is 1. The second-order valence-corrected chi connectivity index (χ2v) is 3.57. The molecule has 0 unspecified atom stereocenters. The van der Waals surface area contributed by atoms with Crippen molar-refractivity contribution in [3.8, 4) is 0 Å². The summed E-state index contributed by atoms with van der Waals surface area (Å²) in [5.74, 6) is -0.00804. The van der Waals surface area contributed by atoms with Crippen molar-refractivity contribution in [1.82, 2.24) is 15.3 Å². The van der Waals surface area contributed by atoms with Gasteiger partial charge >= 0.3 is 0 Å². The maximum atomic E-state index is 10.8. The van der Waals surface area contributed by atoms with Gasteiger partial charge in [-0.15, -0.1) is 0 Å². The Kier molecular flexibility index (Phi) is 3.10. The molecule has 1 heterocycles. The van der Waals surface area contributed by atoms with Crippen LogP contribution in [0.3, 0.4) is 0 Å². The molecule has 1 aromatic carbocycles. The number of rotatable bonds is 3. The Bertz CT molecular complexity index is 505. The van der Waals surface area contributed by atoms with E-state index < -0.39 is 0 Å². The van der Waals surface area contributed by atoms with Crippen molar-refractivity contribution in [3.05, 3.63) is 36.2 Å². The predicted octanol–water partition coefficient (Wildman–Crippen LogP) is 1.31. The Balaban J connectivity index is 2.20. The molecule has 82 valence electrons. The van der Waals surface area contributed by atoms with Crippen LogP contribution in [0.1, 0.15) is 12.5 Å². The molecule has 4 heteroatoms. The molecule has 1 aromatic heterocycles. The van der Waals surface area contributed by atoms with Gasteiger partial charge in [-0.25, -0.2) is 0 Å². The van der Waals surface area contributed by atoms with Gasteiger partial charge in [0.1, 0.15) is 0 Å².